The minimum atomic E-state index is 0.0214. The summed E-state index contributed by atoms with van der Waals surface area (Å²) in [5, 5.41) is 3.95. The largest absolute Gasteiger partial charge is 0.424 e. The normalized spacial score (nSPS) is 10.5. The molecule has 0 radical (unpaired) electrons. The van der Waals surface area contributed by atoms with E-state index in [9.17, 15) is 0 Å². The molecule has 100 valence electrons. The molecule has 0 spiro atoms. The highest BCUT2D eigenvalue weighted by atomic mass is 35.5. The summed E-state index contributed by atoms with van der Waals surface area (Å²) in [5.41, 5.74) is 1.07. The molecule has 20 heavy (non-hydrogen) atoms. The van der Waals surface area contributed by atoms with Crippen LogP contribution < -0.4 is 4.74 Å². The zero-order valence-corrected chi connectivity index (χ0v) is 11.2. The van der Waals surface area contributed by atoms with E-state index in [-0.39, 0.29) is 17.2 Å². The Labute approximate surface area is 119 Å². The summed E-state index contributed by atoms with van der Waals surface area (Å²) in [7, 11) is 0. The fraction of sp³-hybridized carbons (Fsp3) is 0.0833. The number of hydrogen-bond donors (Lipinski definition) is 0. The summed E-state index contributed by atoms with van der Waals surface area (Å²) >= 11 is 5.86. The molecule has 0 saturated carbocycles. The monoisotopic (exact) mass is 288 g/mol. The van der Waals surface area contributed by atoms with Gasteiger partial charge in [0.1, 0.15) is 18.4 Å². The van der Waals surface area contributed by atoms with Gasteiger partial charge in [0.15, 0.2) is 0 Å². The number of aromatic nitrogens is 6. The molecule has 0 N–H and O–H groups in total. The lowest BCUT2D eigenvalue weighted by atomic mass is 10.2. The second-order valence-electron chi connectivity index (χ2n) is 3.95. The van der Waals surface area contributed by atoms with Crippen molar-refractivity contribution in [2.24, 2.45) is 0 Å². The fourth-order valence-corrected chi connectivity index (χ4v) is 1.71. The Kier molecular flexibility index (Phi) is 3.26. The first-order valence-electron chi connectivity index (χ1n) is 5.72. The summed E-state index contributed by atoms with van der Waals surface area (Å²) in [5.74, 6) is 0.863. The topological polar surface area (TPSA) is 78.6 Å². The zero-order chi connectivity index (χ0) is 13.9. The van der Waals surface area contributed by atoms with Crippen LogP contribution in [0.5, 0.6) is 11.8 Å². The molecule has 0 amide bonds. The molecule has 3 aromatic rings. The van der Waals surface area contributed by atoms with E-state index in [0.717, 1.165) is 5.56 Å². The Morgan fingerprint density at radius 2 is 2.10 bits per heavy atom. The van der Waals surface area contributed by atoms with Crippen LogP contribution in [0.25, 0.3) is 5.95 Å². The van der Waals surface area contributed by atoms with Crippen molar-refractivity contribution in [3.63, 3.8) is 0 Å². The maximum Gasteiger partial charge on any atom is 0.328 e. The first-order valence-corrected chi connectivity index (χ1v) is 6.09. The molecule has 0 atom stereocenters. The minimum absolute atomic E-state index is 0.0214. The van der Waals surface area contributed by atoms with E-state index in [2.05, 4.69) is 25.0 Å². The van der Waals surface area contributed by atoms with Crippen LogP contribution in [0.2, 0.25) is 5.28 Å². The van der Waals surface area contributed by atoms with Gasteiger partial charge in [-0.05, 0) is 36.2 Å². The van der Waals surface area contributed by atoms with Crippen molar-refractivity contribution in [1.82, 2.24) is 29.7 Å². The highest BCUT2D eigenvalue weighted by molar-refractivity contribution is 6.28. The highest BCUT2D eigenvalue weighted by Crippen LogP contribution is 2.20. The maximum atomic E-state index is 5.86. The lowest BCUT2D eigenvalue weighted by Gasteiger charge is -2.06. The van der Waals surface area contributed by atoms with Crippen LogP contribution in [0.4, 0.5) is 0 Å². The first kappa shape index (κ1) is 12.5. The van der Waals surface area contributed by atoms with Crippen LogP contribution in [-0.2, 0) is 0 Å². The molecule has 0 bridgehead atoms. The quantitative estimate of drug-likeness (QED) is 0.735. The van der Waals surface area contributed by atoms with Crippen molar-refractivity contribution in [3.05, 3.63) is 47.8 Å². The van der Waals surface area contributed by atoms with Gasteiger partial charge in [-0.25, -0.2) is 4.98 Å². The van der Waals surface area contributed by atoms with Gasteiger partial charge in [0.05, 0.1) is 0 Å². The molecule has 0 saturated heterocycles. The molecule has 2 heterocycles. The van der Waals surface area contributed by atoms with Crippen molar-refractivity contribution in [3.8, 4) is 17.7 Å². The second kappa shape index (κ2) is 5.22. The summed E-state index contributed by atoms with van der Waals surface area (Å²) in [6.07, 6.45) is 2.83. The van der Waals surface area contributed by atoms with Crippen molar-refractivity contribution in [1.29, 1.82) is 0 Å². The molecule has 0 aliphatic rings. The summed E-state index contributed by atoms with van der Waals surface area (Å²) < 4.78 is 6.94. The van der Waals surface area contributed by atoms with Crippen LogP contribution in [0.3, 0.4) is 0 Å². The molecule has 2 aromatic heterocycles. The third kappa shape index (κ3) is 2.72. The number of hydrogen-bond acceptors (Lipinski definition) is 6. The molecule has 7 nitrogen and oxygen atoms in total. The standard InChI is InChI=1S/C12H9ClN6O/c1-8-3-2-4-9(5-8)20-12-17-10(13)16-11(18-12)19-7-14-6-15-19/h2-7H,1H3. The van der Waals surface area contributed by atoms with Gasteiger partial charge in [-0.3, -0.25) is 0 Å². The lowest BCUT2D eigenvalue weighted by molar-refractivity contribution is 0.437. The molecule has 1 aromatic carbocycles. The SMILES string of the molecule is Cc1cccc(Oc2nc(Cl)nc(-n3cncn3)n2)c1. The predicted octanol–water partition coefficient (Wildman–Crippen LogP) is 2.21. The van der Waals surface area contributed by atoms with Gasteiger partial charge in [-0.2, -0.15) is 24.7 Å². The van der Waals surface area contributed by atoms with Crippen LogP contribution in [-0.4, -0.2) is 29.7 Å². The van der Waals surface area contributed by atoms with E-state index >= 15 is 0 Å². The Balaban J connectivity index is 1.94. The van der Waals surface area contributed by atoms with E-state index in [0.29, 0.717) is 5.75 Å². The Morgan fingerprint density at radius 1 is 1.20 bits per heavy atom. The first-order chi connectivity index (χ1) is 9.70. The molecular weight excluding hydrogens is 280 g/mol. The smallest absolute Gasteiger partial charge is 0.328 e. The number of halogens is 1. The van der Waals surface area contributed by atoms with Crippen molar-refractivity contribution in [2.75, 3.05) is 0 Å². The van der Waals surface area contributed by atoms with Gasteiger partial charge >= 0.3 is 6.01 Å². The average molecular weight is 289 g/mol. The van der Waals surface area contributed by atoms with E-state index in [1.165, 1.54) is 17.3 Å². The fourth-order valence-electron chi connectivity index (χ4n) is 1.57. The molecular formula is C12H9ClN6O. The maximum absolute atomic E-state index is 5.86. The van der Waals surface area contributed by atoms with Gasteiger partial charge in [0.25, 0.3) is 5.95 Å². The third-order valence-electron chi connectivity index (χ3n) is 2.40. The molecule has 0 aliphatic carbocycles. The Morgan fingerprint density at radius 3 is 2.85 bits per heavy atom. The van der Waals surface area contributed by atoms with Gasteiger partial charge in [-0.15, -0.1) is 0 Å². The molecule has 3 rings (SSSR count). The van der Waals surface area contributed by atoms with Crippen LogP contribution in [0, 0.1) is 6.92 Å². The van der Waals surface area contributed by atoms with Crippen LogP contribution >= 0.6 is 11.6 Å². The van der Waals surface area contributed by atoms with Gasteiger partial charge in [0.2, 0.25) is 5.28 Å². The summed E-state index contributed by atoms with van der Waals surface area (Å²) in [6, 6.07) is 7.62. The van der Waals surface area contributed by atoms with E-state index in [4.69, 9.17) is 16.3 Å². The van der Waals surface area contributed by atoms with E-state index in [1.54, 1.807) is 6.07 Å². The van der Waals surface area contributed by atoms with Crippen molar-refractivity contribution < 1.29 is 4.74 Å². The van der Waals surface area contributed by atoms with Crippen molar-refractivity contribution >= 4 is 11.6 Å². The van der Waals surface area contributed by atoms with Crippen molar-refractivity contribution in [2.45, 2.75) is 6.92 Å². The molecule has 0 fully saturated rings. The Hall–Kier alpha value is -2.54. The van der Waals surface area contributed by atoms with Crippen LogP contribution in [0.15, 0.2) is 36.9 Å². The Bertz CT molecular complexity index is 731. The average Bonchev–Trinajstić information content (AvgIpc) is 2.91. The number of nitrogens with zero attached hydrogens (tertiary/aromatic N) is 6. The predicted molar refractivity (Wildman–Crippen MR) is 71.0 cm³/mol. The second-order valence-corrected chi connectivity index (χ2v) is 4.28. The minimum Gasteiger partial charge on any atom is -0.424 e. The molecule has 0 aliphatic heterocycles. The molecule has 0 unspecified atom stereocenters. The number of rotatable bonds is 3. The van der Waals surface area contributed by atoms with Gasteiger partial charge in [-0.1, -0.05) is 12.1 Å². The highest BCUT2D eigenvalue weighted by Gasteiger charge is 2.09. The number of ether oxygens (including phenoxy) is 1. The van der Waals surface area contributed by atoms with E-state index < -0.39 is 0 Å². The van der Waals surface area contributed by atoms with Gasteiger partial charge < -0.3 is 4.74 Å². The van der Waals surface area contributed by atoms with Gasteiger partial charge in [0, 0.05) is 0 Å². The summed E-state index contributed by atoms with van der Waals surface area (Å²) in [6.45, 7) is 1.97. The van der Waals surface area contributed by atoms with E-state index in [1.807, 2.05) is 25.1 Å². The van der Waals surface area contributed by atoms with Crippen LogP contribution in [0.1, 0.15) is 5.56 Å². The number of benzene rings is 1. The lowest BCUT2D eigenvalue weighted by Crippen LogP contribution is -2.05. The summed E-state index contributed by atoms with van der Waals surface area (Å²) in [4.78, 5) is 15.8. The zero-order valence-electron chi connectivity index (χ0n) is 10.4. The molecule has 8 heteroatoms. The third-order valence-corrected chi connectivity index (χ3v) is 2.57. The number of aryl methyl sites for hydroxylation is 1.